The molecular weight excluding hydrogens is 228 g/mol. The number of para-hydroxylation sites is 1. The van der Waals surface area contributed by atoms with Crippen LogP contribution in [0.25, 0.3) is 0 Å². The molecule has 0 spiro atoms. The van der Waals surface area contributed by atoms with Gasteiger partial charge in [0.1, 0.15) is 5.75 Å². The molecule has 2 aromatic rings. The second kappa shape index (κ2) is 5.51. The number of rotatable bonds is 2. The summed E-state index contributed by atoms with van der Waals surface area (Å²) in [5.41, 5.74) is 1.18. The molecule has 2 aromatic carbocycles. The van der Waals surface area contributed by atoms with Crippen LogP contribution in [0.1, 0.15) is 5.56 Å². The molecule has 18 heavy (non-hydrogen) atoms. The Morgan fingerprint density at radius 2 is 1.72 bits per heavy atom. The lowest BCUT2D eigenvalue weighted by molar-refractivity contribution is 0.215. The molecule has 0 saturated heterocycles. The minimum Gasteiger partial charge on any atom is -0.410 e. The zero-order chi connectivity index (χ0) is 12.8. The first kappa shape index (κ1) is 11.7. The van der Waals surface area contributed by atoms with Crippen molar-refractivity contribution in [1.29, 1.82) is 5.26 Å². The molecule has 0 atom stereocenters. The van der Waals surface area contributed by atoms with Gasteiger partial charge in [0.25, 0.3) is 0 Å². The highest BCUT2D eigenvalue weighted by Gasteiger charge is 2.04. The number of nitrogens with one attached hydrogen (secondary N) is 1. The van der Waals surface area contributed by atoms with Crippen LogP contribution in [-0.2, 0) is 0 Å². The van der Waals surface area contributed by atoms with E-state index in [1.165, 1.54) is 0 Å². The number of anilines is 1. The highest BCUT2D eigenvalue weighted by atomic mass is 16.6. The number of hydrogen-bond donors (Lipinski definition) is 1. The van der Waals surface area contributed by atoms with Gasteiger partial charge in [0.2, 0.25) is 0 Å². The molecule has 0 saturated carbocycles. The van der Waals surface area contributed by atoms with Crippen molar-refractivity contribution >= 4 is 11.8 Å². The first-order valence-electron chi connectivity index (χ1n) is 5.32. The van der Waals surface area contributed by atoms with Gasteiger partial charge < -0.3 is 4.74 Å². The SMILES string of the molecule is N#Cc1ccc(OC(=O)Nc2ccccc2)cc1. The van der Waals surface area contributed by atoms with E-state index >= 15 is 0 Å². The topological polar surface area (TPSA) is 62.1 Å². The highest BCUT2D eigenvalue weighted by molar-refractivity contribution is 5.86. The van der Waals surface area contributed by atoms with Crippen LogP contribution >= 0.6 is 0 Å². The molecule has 0 aliphatic carbocycles. The van der Waals surface area contributed by atoms with Crippen LogP contribution < -0.4 is 10.1 Å². The predicted octanol–water partition coefficient (Wildman–Crippen LogP) is 3.17. The van der Waals surface area contributed by atoms with Crippen molar-refractivity contribution in [3.63, 3.8) is 0 Å². The number of ether oxygens (including phenoxy) is 1. The normalized spacial score (nSPS) is 9.28. The molecular formula is C14H10N2O2. The first-order valence-corrected chi connectivity index (χ1v) is 5.32. The Kier molecular flexibility index (Phi) is 3.57. The first-order chi connectivity index (χ1) is 8.78. The summed E-state index contributed by atoms with van der Waals surface area (Å²) in [5.74, 6) is 0.391. The molecule has 88 valence electrons. The molecule has 0 radical (unpaired) electrons. The van der Waals surface area contributed by atoms with Crippen molar-refractivity contribution in [3.05, 3.63) is 60.2 Å². The van der Waals surface area contributed by atoms with Gasteiger partial charge in [-0.3, -0.25) is 5.32 Å². The number of nitriles is 1. The van der Waals surface area contributed by atoms with Gasteiger partial charge in [0, 0.05) is 5.69 Å². The molecule has 0 aromatic heterocycles. The van der Waals surface area contributed by atoms with Crippen LogP contribution in [0.4, 0.5) is 10.5 Å². The summed E-state index contributed by atoms with van der Waals surface area (Å²) in [7, 11) is 0. The van der Waals surface area contributed by atoms with Gasteiger partial charge in [-0.15, -0.1) is 0 Å². The largest absolute Gasteiger partial charge is 0.417 e. The molecule has 1 N–H and O–H groups in total. The van der Waals surface area contributed by atoms with E-state index in [-0.39, 0.29) is 0 Å². The van der Waals surface area contributed by atoms with Crippen LogP contribution in [0.3, 0.4) is 0 Å². The van der Waals surface area contributed by atoms with Crippen molar-refractivity contribution in [2.75, 3.05) is 5.32 Å². The molecule has 0 aliphatic rings. The fourth-order valence-corrected chi connectivity index (χ4v) is 1.37. The van der Waals surface area contributed by atoms with Crippen molar-refractivity contribution in [3.8, 4) is 11.8 Å². The Morgan fingerprint density at radius 3 is 2.33 bits per heavy atom. The molecule has 0 bridgehead atoms. The summed E-state index contributed by atoms with van der Waals surface area (Å²) in [5, 5.41) is 11.2. The van der Waals surface area contributed by atoms with Gasteiger partial charge >= 0.3 is 6.09 Å². The predicted molar refractivity (Wildman–Crippen MR) is 67.2 cm³/mol. The lowest BCUT2D eigenvalue weighted by Gasteiger charge is -2.06. The van der Waals surface area contributed by atoms with Crippen LogP contribution in [-0.4, -0.2) is 6.09 Å². The third kappa shape index (κ3) is 3.09. The van der Waals surface area contributed by atoms with Gasteiger partial charge in [0.05, 0.1) is 11.6 Å². The van der Waals surface area contributed by atoms with Gasteiger partial charge in [-0.1, -0.05) is 18.2 Å². The number of carbonyl (C=O) groups excluding carboxylic acids is 1. The van der Waals surface area contributed by atoms with Crippen molar-refractivity contribution in [2.24, 2.45) is 0 Å². The van der Waals surface area contributed by atoms with Gasteiger partial charge in [-0.25, -0.2) is 4.79 Å². The maximum atomic E-state index is 11.5. The van der Waals surface area contributed by atoms with Crippen LogP contribution in [0.15, 0.2) is 54.6 Å². The maximum Gasteiger partial charge on any atom is 0.417 e. The van der Waals surface area contributed by atoms with Gasteiger partial charge in [-0.2, -0.15) is 5.26 Å². The van der Waals surface area contributed by atoms with E-state index in [0.29, 0.717) is 17.0 Å². The summed E-state index contributed by atoms with van der Waals surface area (Å²) in [6, 6.07) is 17.3. The van der Waals surface area contributed by atoms with Crippen LogP contribution in [0.5, 0.6) is 5.75 Å². The lowest BCUT2D eigenvalue weighted by Crippen LogP contribution is -2.16. The van der Waals surface area contributed by atoms with E-state index in [4.69, 9.17) is 10.00 Å². The molecule has 0 fully saturated rings. The fourth-order valence-electron chi connectivity index (χ4n) is 1.37. The van der Waals surface area contributed by atoms with Gasteiger partial charge in [-0.05, 0) is 36.4 Å². The van der Waals surface area contributed by atoms with E-state index in [2.05, 4.69) is 5.32 Å². The monoisotopic (exact) mass is 238 g/mol. The Balaban J connectivity index is 1.97. The maximum absolute atomic E-state index is 11.5. The van der Waals surface area contributed by atoms with Crippen molar-refractivity contribution in [2.45, 2.75) is 0 Å². The zero-order valence-corrected chi connectivity index (χ0v) is 9.46. The zero-order valence-electron chi connectivity index (χ0n) is 9.46. The Morgan fingerprint density at radius 1 is 1.06 bits per heavy atom. The van der Waals surface area contributed by atoms with E-state index in [0.717, 1.165) is 0 Å². The number of benzene rings is 2. The smallest absolute Gasteiger partial charge is 0.410 e. The van der Waals surface area contributed by atoms with E-state index in [9.17, 15) is 4.79 Å². The molecule has 0 aliphatic heterocycles. The Hall–Kier alpha value is -2.80. The minimum absolute atomic E-state index is 0.391. The molecule has 2 rings (SSSR count). The van der Waals surface area contributed by atoms with Crippen LogP contribution in [0, 0.1) is 11.3 Å². The average molecular weight is 238 g/mol. The quantitative estimate of drug-likeness (QED) is 0.874. The second-order valence-corrected chi connectivity index (χ2v) is 3.52. The molecule has 4 heteroatoms. The Bertz CT molecular complexity index is 571. The standard InChI is InChI=1S/C14H10N2O2/c15-10-11-6-8-13(9-7-11)18-14(17)16-12-4-2-1-3-5-12/h1-9H,(H,16,17). The second-order valence-electron chi connectivity index (χ2n) is 3.52. The summed E-state index contributed by atoms with van der Waals surface area (Å²) in [6.45, 7) is 0. The fraction of sp³-hybridized carbons (Fsp3) is 0. The third-order valence-electron chi connectivity index (χ3n) is 2.21. The minimum atomic E-state index is -0.564. The summed E-state index contributed by atoms with van der Waals surface area (Å²) in [6.07, 6.45) is -0.564. The van der Waals surface area contributed by atoms with E-state index < -0.39 is 6.09 Å². The Labute approximate surface area is 104 Å². The molecule has 1 amide bonds. The lowest BCUT2D eigenvalue weighted by atomic mass is 10.2. The van der Waals surface area contributed by atoms with E-state index in [1.54, 1.807) is 36.4 Å². The summed E-state index contributed by atoms with van der Waals surface area (Å²) >= 11 is 0. The molecule has 4 nitrogen and oxygen atoms in total. The number of amides is 1. The van der Waals surface area contributed by atoms with Crippen molar-refractivity contribution in [1.82, 2.24) is 0 Å². The van der Waals surface area contributed by atoms with Gasteiger partial charge in [0.15, 0.2) is 0 Å². The van der Waals surface area contributed by atoms with Crippen molar-refractivity contribution < 1.29 is 9.53 Å². The third-order valence-corrected chi connectivity index (χ3v) is 2.21. The summed E-state index contributed by atoms with van der Waals surface area (Å²) < 4.78 is 5.06. The van der Waals surface area contributed by atoms with Crippen LogP contribution in [0.2, 0.25) is 0 Å². The number of hydrogen-bond acceptors (Lipinski definition) is 3. The number of carbonyl (C=O) groups is 1. The number of nitrogens with zero attached hydrogens (tertiary/aromatic N) is 1. The average Bonchev–Trinajstić information content (AvgIpc) is 2.40. The summed E-state index contributed by atoms with van der Waals surface area (Å²) in [4.78, 5) is 11.5. The molecule has 0 unspecified atom stereocenters. The molecule has 0 heterocycles. The van der Waals surface area contributed by atoms with E-state index in [1.807, 2.05) is 24.3 Å². The highest BCUT2D eigenvalue weighted by Crippen LogP contribution is 2.13.